The lowest BCUT2D eigenvalue weighted by atomic mass is 10.2. The van der Waals surface area contributed by atoms with Crippen molar-refractivity contribution in [3.8, 4) is 0 Å². The van der Waals surface area contributed by atoms with Gasteiger partial charge in [0.15, 0.2) is 5.82 Å². The van der Waals surface area contributed by atoms with Crippen LogP contribution in [0.25, 0.3) is 0 Å². The molecule has 0 spiro atoms. The highest BCUT2D eigenvalue weighted by Crippen LogP contribution is 2.28. The van der Waals surface area contributed by atoms with Crippen molar-refractivity contribution in [3.63, 3.8) is 0 Å². The molecule has 80 valence electrons. The number of carbonyl (C=O) groups is 1. The Morgan fingerprint density at radius 1 is 1.38 bits per heavy atom. The molecule has 1 aromatic heterocycles. The van der Waals surface area contributed by atoms with Gasteiger partial charge in [0.25, 0.3) is 5.91 Å². The number of imidazole rings is 1. The van der Waals surface area contributed by atoms with E-state index in [9.17, 15) is 4.79 Å². The number of benzene rings is 1. The van der Waals surface area contributed by atoms with Crippen molar-refractivity contribution in [2.45, 2.75) is 6.42 Å². The molecule has 0 saturated carbocycles. The van der Waals surface area contributed by atoms with Gasteiger partial charge in [-0.3, -0.25) is 4.79 Å². The molecule has 4 nitrogen and oxygen atoms in total. The van der Waals surface area contributed by atoms with E-state index in [1.807, 2.05) is 18.2 Å². The van der Waals surface area contributed by atoms with Crippen molar-refractivity contribution >= 4 is 11.6 Å². The quantitative estimate of drug-likeness (QED) is 0.782. The fraction of sp³-hybridized carbons (Fsp3) is 0.167. The molecule has 0 radical (unpaired) electrons. The van der Waals surface area contributed by atoms with Gasteiger partial charge in [-0.25, -0.2) is 4.98 Å². The van der Waals surface area contributed by atoms with Gasteiger partial charge in [-0.05, 0) is 18.1 Å². The average molecular weight is 213 g/mol. The summed E-state index contributed by atoms with van der Waals surface area (Å²) in [4.78, 5) is 20.7. The number of rotatable bonds is 1. The lowest BCUT2D eigenvalue weighted by molar-refractivity contribution is 0.0980. The minimum atomic E-state index is -0.0602. The van der Waals surface area contributed by atoms with Gasteiger partial charge in [0.05, 0.1) is 0 Å². The smallest absolute Gasteiger partial charge is 0.294 e. The molecule has 0 saturated heterocycles. The van der Waals surface area contributed by atoms with E-state index < -0.39 is 0 Å². The SMILES string of the molecule is O=C(c1ncc[nH]1)N1CCc2ccccc21. The third-order valence-corrected chi connectivity index (χ3v) is 2.83. The maximum Gasteiger partial charge on any atom is 0.294 e. The van der Waals surface area contributed by atoms with Crippen LogP contribution < -0.4 is 4.90 Å². The molecule has 0 atom stereocenters. The molecule has 2 heterocycles. The molecule has 0 bridgehead atoms. The normalized spacial score (nSPS) is 13.9. The maximum absolute atomic E-state index is 12.1. The van der Waals surface area contributed by atoms with Gasteiger partial charge in [0.1, 0.15) is 0 Å². The minimum absolute atomic E-state index is 0.0602. The number of carbonyl (C=O) groups excluding carboxylic acids is 1. The molecule has 0 aliphatic carbocycles. The van der Waals surface area contributed by atoms with Crippen LogP contribution in [-0.2, 0) is 6.42 Å². The summed E-state index contributed by atoms with van der Waals surface area (Å²) in [5.41, 5.74) is 2.23. The minimum Gasteiger partial charge on any atom is -0.341 e. The van der Waals surface area contributed by atoms with E-state index in [1.165, 1.54) is 5.56 Å². The number of fused-ring (bicyclic) bond motifs is 1. The molecular weight excluding hydrogens is 202 g/mol. The third kappa shape index (κ3) is 1.31. The molecular formula is C12H11N3O. The summed E-state index contributed by atoms with van der Waals surface area (Å²) < 4.78 is 0. The Labute approximate surface area is 92.9 Å². The lowest BCUT2D eigenvalue weighted by Crippen LogP contribution is -2.29. The van der Waals surface area contributed by atoms with E-state index in [1.54, 1.807) is 17.3 Å². The van der Waals surface area contributed by atoms with Crippen LogP contribution in [0, 0.1) is 0 Å². The average Bonchev–Trinajstić information content (AvgIpc) is 2.98. The van der Waals surface area contributed by atoms with Crippen LogP contribution in [0.4, 0.5) is 5.69 Å². The van der Waals surface area contributed by atoms with Crippen LogP contribution >= 0.6 is 0 Å². The summed E-state index contributed by atoms with van der Waals surface area (Å²) in [6, 6.07) is 7.99. The van der Waals surface area contributed by atoms with E-state index in [4.69, 9.17) is 0 Å². The number of amides is 1. The summed E-state index contributed by atoms with van der Waals surface area (Å²) >= 11 is 0. The number of hydrogen-bond acceptors (Lipinski definition) is 2. The van der Waals surface area contributed by atoms with Crippen molar-refractivity contribution < 1.29 is 4.79 Å². The first kappa shape index (κ1) is 9.15. The number of anilines is 1. The highest BCUT2D eigenvalue weighted by Gasteiger charge is 2.26. The van der Waals surface area contributed by atoms with Gasteiger partial charge in [-0.2, -0.15) is 0 Å². The van der Waals surface area contributed by atoms with Gasteiger partial charge in [-0.15, -0.1) is 0 Å². The van der Waals surface area contributed by atoms with Gasteiger partial charge in [-0.1, -0.05) is 18.2 Å². The first-order valence-corrected chi connectivity index (χ1v) is 5.25. The molecule has 1 N–H and O–H groups in total. The van der Waals surface area contributed by atoms with Gasteiger partial charge >= 0.3 is 0 Å². The first-order chi connectivity index (χ1) is 7.86. The highest BCUT2D eigenvalue weighted by molar-refractivity contribution is 6.04. The Bertz CT molecular complexity index is 519. The van der Waals surface area contributed by atoms with Crippen LogP contribution in [0.5, 0.6) is 0 Å². The fourth-order valence-corrected chi connectivity index (χ4v) is 2.06. The van der Waals surface area contributed by atoms with Crippen LogP contribution in [0.15, 0.2) is 36.7 Å². The van der Waals surface area contributed by atoms with Crippen molar-refractivity contribution in [1.29, 1.82) is 0 Å². The predicted molar refractivity (Wildman–Crippen MR) is 60.4 cm³/mol. The van der Waals surface area contributed by atoms with Crippen LogP contribution in [-0.4, -0.2) is 22.4 Å². The van der Waals surface area contributed by atoms with Gasteiger partial charge in [0, 0.05) is 24.6 Å². The molecule has 1 aliphatic rings. The highest BCUT2D eigenvalue weighted by atomic mass is 16.2. The van der Waals surface area contributed by atoms with E-state index in [0.29, 0.717) is 5.82 Å². The first-order valence-electron chi connectivity index (χ1n) is 5.25. The van der Waals surface area contributed by atoms with Crippen molar-refractivity contribution in [2.24, 2.45) is 0 Å². The summed E-state index contributed by atoms with van der Waals surface area (Å²) in [7, 11) is 0. The number of nitrogens with zero attached hydrogens (tertiary/aromatic N) is 2. The summed E-state index contributed by atoms with van der Waals surface area (Å²) in [5, 5.41) is 0. The zero-order chi connectivity index (χ0) is 11.0. The molecule has 1 aromatic carbocycles. The number of aromatic amines is 1. The second kappa shape index (κ2) is 3.48. The number of hydrogen-bond donors (Lipinski definition) is 1. The molecule has 16 heavy (non-hydrogen) atoms. The standard InChI is InChI=1S/C12H11N3O/c16-12(11-13-6-7-14-11)15-8-5-9-3-1-2-4-10(9)15/h1-4,6-7H,5,8H2,(H,13,14). The molecule has 3 rings (SSSR count). The van der Waals surface area contributed by atoms with Gasteiger partial charge in [0.2, 0.25) is 0 Å². The Balaban J connectivity index is 1.96. The Hall–Kier alpha value is -2.10. The topological polar surface area (TPSA) is 49.0 Å². The maximum atomic E-state index is 12.1. The second-order valence-electron chi connectivity index (χ2n) is 3.77. The van der Waals surface area contributed by atoms with Crippen LogP contribution in [0.1, 0.15) is 16.2 Å². The third-order valence-electron chi connectivity index (χ3n) is 2.83. The Kier molecular flexibility index (Phi) is 1.99. The van der Waals surface area contributed by atoms with Crippen molar-refractivity contribution in [1.82, 2.24) is 9.97 Å². The monoisotopic (exact) mass is 213 g/mol. The van der Waals surface area contributed by atoms with E-state index in [-0.39, 0.29) is 5.91 Å². The fourth-order valence-electron chi connectivity index (χ4n) is 2.06. The summed E-state index contributed by atoms with van der Waals surface area (Å²) in [5.74, 6) is 0.339. The molecule has 4 heteroatoms. The Morgan fingerprint density at radius 2 is 2.25 bits per heavy atom. The van der Waals surface area contributed by atoms with Crippen LogP contribution in [0.2, 0.25) is 0 Å². The largest absolute Gasteiger partial charge is 0.341 e. The number of nitrogens with one attached hydrogen (secondary N) is 1. The summed E-state index contributed by atoms with van der Waals surface area (Å²) in [6.07, 6.45) is 4.17. The van der Waals surface area contributed by atoms with E-state index in [2.05, 4.69) is 16.0 Å². The zero-order valence-corrected chi connectivity index (χ0v) is 8.68. The predicted octanol–water partition coefficient (Wildman–Crippen LogP) is 1.61. The molecule has 0 fully saturated rings. The van der Waals surface area contributed by atoms with Crippen molar-refractivity contribution in [2.75, 3.05) is 11.4 Å². The summed E-state index contributed by atoms with van der Waals surface area (Å²) in [6.45, 7) is 0.735. The van der Waals surface area contributed by atoms with E-state index >= 15 is 0 Å². The number of H-pyrrole nitrogens is 1. The van der Waals surface area contributed by atoms with E-state index in [0.717, 1.165) is 18.7 Å². The molecule has 1 amide bonds. The molecule has 2 aromatic rings. The van der Waals surface area contributed by atoms with Crippen molar-refractivity contribution in [3.05, 3.63) is 48.0 Å². The lowest BCUT2D eigenvalue weighted by Gasteiger charge is -2.15. The number of para-hydroxylation sites is 1. The molecule has 1 aliphatic heterocycles. The Morgan fingerprint density at radius 3 is 3.06 bits per heavy atom. The second-order valence-corrected chi connectivity index (χ2v) is 3.77. The van der Waals surface area contributed by atoms with Crippen LogP contribution in [0.3, 0.4) is 0 Å². The number of aromatic nitrogens is 2. The molecule has 0 unspecified atom stereocenters. The zero-order valence-electron chi connectivity index (χ0n) is 8.68. The van der Waals surface area contributed by atoms with Gasteiger partial charge < -0.3 is 9.88 Å².